The second-order valence-electron chi connectivity index (χ2n) is 10.5. The highest BCUT2D eigenvalue weighted by atomic mass is 32.2. The van der Waals surface area contributed by atoms with Crippen LogP contribution in [-0.4, -0.2) is 10.8 Å². The predicted octanol–water partition coefficient (Wildman–Crippen LogP) is 9.87. The summed E-state index contributed by atoms with van der Waals surface area (Å²) in [5.41, 5.74) is 11.0. The van der Waals surface area contributed by atoms with E-state index in [0.29, 0.717) is 0 Å². The topological polar surface area (TPSA) is 4.93 Å². The fraction of sp³-hybridized carbons (Fsp3) is 0.0526. The molecule has 0 saturated heterocycles. The van der Waals surface area contributed by atoms with Gasteiger partial charge < -0.3 is 4.57 Å². The maximum atomic E-state index is 2.50. The summed E-state index contributed by atoms with van der Waals surface area (Å²) in [4.78, 5) is 1.30. The lowest BCUT2D eigenvalue weighted by atomic mass is 9.63. The minimum absolute atomic E-state index is 0.495. The van der Waals surface area contributed by atoms with E-state index in [1.807, 2.05) is 11.8 Å². The third kappa shape index (κ3) is 3.11. The first-order valence-electron chi connectivity index (χ1n) is 13.7. The van der Waals surface area contributed by atoms with Crippen molar-refractivity contribution in [1.29, 1.82) is 0 Å². The first kappa shape index (κ1) is 23.4. The second-order valence-corrected chi connectivity index (χ2v) is 11.3. The maximum absolute atomic E-state index is 2.50. The zero-order valence-electron chi connectivity index (χ0n) is 22.2. The number of hydrogen-bond donors (Lipinski definition) is 0. The zero-order valence-corrected chi connectivity index (χ0v) is 23.0. The van der Waals surface area contributed by atoms with Crippen molar-refractivity contribution in [2.75, 3.05) is 6.26 Å². The van der Waals surface area contributed by atoms with Crippen LogP contribution in [0.1, 0.15) is 22.3 Å². The lowest BCUT2D eigenvalue weighted by molar-refractivity contribution is 0.712. The largest absolute Gasteiger partial charge is 0.309 e. The van der Waals surface area contributed by atoms with Crippen LogP contribution in [0.4, 0.5) is 0 Å². The molecule has 7 aromatic rings. The molecule has 1 atom stereocenters. The van der Waals surface area contributed by atoms with Crippen LogP contribution in [0, 0.1) is 0 Å². The molecular weight excluding hydrogens is 502 g/mol. The molecule has 0 fully saturated rings. The second kappa shape index (κ2) is 9.01. The van der Waals surface area contributed by atoms with Gasteiger partial charge in [-0.3, -0.25) is 0 Å². The monoisotopic (exact) mass is 529 g/mol. The van der Waals surface area contributed by atoms with E-state index in [-0.39, 0.29) is 0 Å². The van der Waals surface area contributed by atoms with E-state index in [9.17, 15) is 0 Å². The van der Waals surface area contributed by atoms with Crippen molar-refractivity contribution in [2.24, 2.45) is 0 Å². The van der Waals surface area contributed by atoms with E-state index >= 15 is 0 Å². The Morgan fingerprint density at radius 3 is 2.05 bits per heavy atom. The molecule has 6 aromatic carbocycles. The third-order valence-electron chi connectivity index (χ3n) is 8.56. The average molecular weight is 530 g/mol. The van der Waals surface area contributed by atoms with E-state index in [1.165, 1.54) is 65.8 Å². The normalized spacial score (nSPS) is 15.8. The first-order chi connectivity index (χ1) is 19.8. The van der Waals surface area contributed by atoms with Crippen molar-refractivity contribution in [3.8, 4) is 16.8 Å². The van der Waals surface area contributed by atoms with E-state index in [4.69, 9.17) is 0 Å². The van der Waals surface area contributed by atoms with Crippen molar-refractivity contribution in [1.82, 2.24) is 4.57 Å². The van der Waals surface area contributed by atoms with Crippen LogP contribution in [-0.2, 0) is 5.41 Å². The summed E-state index contributed by atoms with van der Waals surface area (Å²) in [5.74, 6) is 0. The van der Waals surface area contributed by atoms with E-state index < -0.39 is 5.41 Å². The Kier molecular flexibility index (Phi) is 5.26. The van der Waals surface area contributed by atoms with E-state index in [1.54, 1.807) is 0 Å². The molecule has 2 heteroatoms. The van der Waals surface area contributed by atoms with Crippen LogP contribution in [0.25, 0.3) is 38.6 Å². The molecule has 0 amide bonds. The summed E-state index contributed by atoms with van der Waals surface area (Å²) >= 11 is 1.83. The summed E-state index contributed by atoms with van der Waals surface area (Å²) in [5, 5.41) is 2.59. The predicted molar refractivity (Wildman–Crippen MR) is 170 cm³/mol. The molecular formula is C38H27NS. The van der Waals surface area contributed by atoms with E-state index in [2.05, 4.69) is 156 Å². The number of nitrogens with zero attached hydrogens (tertiary/aromatic N) is 1. The highest BCUT2D eigenvalue weighted by molar-refractivity contribution is 7.98. The fourth-order valence-corrected chi connectivity index (χ4v) is 7.63. The van der Waals surface area contributed by atoms with Gasteiger partial charge >= 0.3 is 0 Å². The van der Waals surface area contributed by atoms with Crippen molar-refractivity contribution >= 4 is 33.6 Å². The van der Waals surface area contributed by atoms with Crippen LogP contribution in [0.15, 0.2) is 150 Å². The molecule has 1 aromatic heterocycles. The van der Waals surface area contributed by atoms with Gasteiger partial charge in [-0.05, 0) is 63.9 Å². The molecule has 0 saturated carbocycles. The van der Waals surface area contributed by atoms with Gasteiger partial charge in [0.05, 0.1) is 22.1 Å². The minimum Gasteiger partial charge on any atom is -0.309 e. The first-order valence-corrected chi connectivity index (χ1v) is 15.0. The van der Waals surface area contributed by atoms with Crippen LogP contribution >= 0.6 is 11.8 Å². The molecule has 40 heavy (non-hydrogen) atoms. The summed E-state index contributed by atoms with van der Waals surface area (Å²) in [6, 6.07) is 53.7. The fourth-order valence-electron chi connectivity index (χ4n) is 6.98. The molecule has 0 spiro atoms. The molecule has 0 radical (unpaired) electrons. The van der Waals surface area contributed by atoms with Gasteiger partial charge in [0, 0.05) is 15.7 Å². The molecule has 1 aliphatic heterocycles. The number of para-hydroxylation sites is 3. The summed E-state index contributed by atoms with van der Waals surface area (Å²) < 4.78 is 2.50. The highest BCUT2D eigenvalue weighted by Gasteiger charge is 2.46. The summed E-state index contributed by atoms with van der Waals surface area (Å²) in [6.45, 7) is 0. The van der Waals surface area contributed by atoms with Crippen LogP contribution in [0.2, 0.25) is 0 Å². The average Bonchev–Trinajstić information content (AvgIpc) is 3.38. The molecule has 1 unspecified atom stereocenters. The van der Waals surface area contributed by atoms with Gasteiger partial charge in [0.25, 0.3) is 0 Å². The Labute approximate surface area is 238 Å². The van der Waals surface area contributed by atoms with Crippen LogP contribution in [0.3, 0.4) is 0 Å². The third-order valence-corrected chi connectivity index (χ3v) is 9.36. The van der Waals surface area contributed by atoms with Gasteiger partial charge in [-0.2, -0.15) is 0 Å². The quantitative estimate of drug-likeness (QED) is 0.205. The molecule has 1 nitrogen and oxygen atoms in total. The van der Waals surface area contributed by atoms with Crippen LogP contribution in [0.5, 0.6) is 0 Å². The smallest absolute Gasteiger partial charge is 0.0753 e. The Hall–Kier alpha value is -4.53. The van der Waals surface area contributed by atoms with Crippen molar-refractivity contribution in [2.45, 2.75) is 10.3 Å². The standard InChI is InChI=1S/C38H27NS/c1-40-36-24-10-7-20-32(36)38(28-16-11-15-27(25-28)26-13-3-2-4-14-26)31-19-6-9-23-35(31)39-34-22-8-5-17-29(34)30-18-12-21-33(38)37(30)39/h2-25H,1H3. The highest BCUT2D eigenvalue weighted by Crippen LogP contribution is 2.55. The van der Waals surface area contributed by atoms with Crippen molar-refractivity contribution in [3.63, 3.8) is 0 Å². The number of rotatable bonds is 4. The zero-order chi connectivity index (χ0) is 26.7. The Morgan fingerprint density at radius 1 is 0.525 bits per heavy atom. The van der Waals surface area contributed by atoms with Crippen molar-refractivity contribution < 1.29 is 0 Å². The van der Waals surface area contributed by atoms with Crippen molar-refractivity contribution in [3.05, 3.63) is 168 Å². The van der Waals surface area contributed by atoms with Gasteiger partial charge in [0.2, 0.25) is 0 Å². The summed E-state index contributed by atoms with van der Waals surface area (Å²) in [7, 11) is 0. The SMILES string of the molecule is CSc1ccccc1C1(c2cccc(-c3ccccc3)c2)c2ccccc2-n2c3ccccc3c3cccc1c32. The van der Waals surface area contributed by atoms with E-state index in [0.717, 1.165) is 0 Å². The Morgan fingerprint density at radius 2 is 1.18 bits per heavy atom. The molecule has 0 aliphatic carbocycles. The Bertz CT molecular complexity index is 2050. The van der Waals surface area contributed by atoms with Gasteiger partial charge in [0.15, 0.2) is 0 Å². The molecule has 1 aliphatic rings. The number of thioether (sulfide) groups is 1. The number of aromatic nitrogens is 1. The summed E-state index contributed by atoms with van der Waals surface area (Å²) in [6.07, 6.45) is 2.19. The number of benzene rings is 6. The lowest BCUT2D eigenvalue weighted by Crippen LogP contribution is -2.36. The van der Waals surface area contributed by atoms with Gasteiger partial charge in [-0.15, -0.1) is 11.8 Å². The van der Waals surface area contributed by atoms with Gasteiger partial charge in [0.1, 0.15) is 0 Å². The molecule has 0 N–H and O–H groups in total. The lowest BCUT2D eigenvalue weighted by Gasteiger charge is -2.42. The molecule has 2 heterocycles. The molecule has 190 valence electrons. The van der Waals surface area contributed by atoms with Crippen LogP contribution < -0.4 is 0 Å². The minimum atomic E-state index is -0.495. The molecule has 0 bridgehead atoms. The molecule has 8 rings (SSSR count). The number of hydrogen-bond acceptors (Lipinski definition) is 1. The maximum Gasteiger partial charge on any atom is 0.0753 e. The Balaban J connectivity index is 1.60. The number of fused-ring (bicyclic) bond motifs is 5. The van der Waals surface area contributed by atoms with Gasteiger partial charge in [-0.1, -0.05) is 121 Å². The van der Waals surface area contributed by atoms with Gasteiger partial charge in [-0.25, -0.2) is 0 Å².